The highest BCUT2D eigenvalue weighted by atomic mass is 16.5. The molecule has 0 aliphatic heterocycles. The first-order valence-corrected chi connectivity index (χ1v) is 12.9. The number of hydrogen-bond donors (Lipinski definition) is 3. The fourth-order valence-corrected chi connectivity index (χ4v) is 3.32. The van der Waals surface area contributed by atoms with Gasteiger partial charge in [-0.3, -0.25) is 19.2 Å². The second kappa shape index (κ2) is 19.1. The topological polar surface area (TPSA) is 140 Å². The van der Waals surface area contributed by atoms with Gasteiger partial charge in [0.2, 0.25) is 11.8 Å². The Balaban J connectivity index is 4.21. The monoisotopic (exact) mass is 516 g/mol. The van der Waals surface area contributed by atoms with Gasteiger partial charge in [-0.2, -0.15) is 0 Å². The summed E-state index contributed by atoms with van der Waals surface area (Å²) in [4.78, 5) is 47.6. The predicted molar refractivity (Wildman–Crippen MR) is 137 cm³/mol. The van der Waals surface area contributed by atoms with E-state index in [0.29, 0.717) is 45.6 Å². The van der Waals surface area contributed by atoms with Gasteiger partial charge in [0.15, 0.2) is 5.78 Å². The highest BCUT2D eigenvalue weighted by Gasteiger charge is 2.30. The molecule has 0 fully saturated rings. The van der Waals surface area contributed by atoms with Crippen LogP contribution >= 0.6 is 0 Å². The minimum Gasteiger partial charge on any atom is -0.481 e. The third kappa shape index (κ3) is 18.3. The van der Waals surface area contributed by atoms with Gasteiger partial charge in [0.1, 0.15) is 0 Å². The van der Waals surface area contributed by atoms with Crippen molar-refractivity contribution in [3.63, 3.8) is 0 Å². The Bertz CT molecular complexity index is 663. The van der Waals surface area contributed by atoms with Crippen molar-refractivity contribution < 1.29 is 38.5 Å². The van der Waals surface area contributed by atoms with Crippen molar-refractivity contribution in [2.24, 2.45) is 5.41 Å². The first-order chi connectivity index (χ1) is 16.9. The molecule has 0 saturated carbocycles. The molecule has 0 radical (unpaired) electrons. The van der Waals surface area contributed by atoms with Gasteiger partial charge < -0.3 is 30.0 Å². The van der Waals surface area contributed by atoms with Crippen molar-refractivity contribution in [3.8, 4) is 0 Å². The van der Waals surface area contributed by atoms with E-state index < -0.39 is 17.4 Å². The number of carbonyl (C=O) groups is 4. The third-order valence-electron chi connectivity index (χ3n) is 5.50. The smallest absolute Gasteiger partial charge is 0.303 e. The van der Waals surface area contributed by atoms with Crippen LogP contribution in [0.5, 0.6) is 0 Å². The van der Waals surface area contributed by atoms with Crippen molar-refractivity contribution in [1.82, 2.24) is 10.6 Å². The zero-order valence-corrected chi connectivity index (χ0v) is 23.0. The number of carboxylic acids is 1. The van der Waals surface area contributed by atoms with Crippen LogP contribution < -0.4 is 10.6 Å². The lowest BCUT2D eigenvalue weighted by molar-refractivity contribution is -0.137. The molecule has 0 aromatic rings. The minimum absolute atomic E-state index is 0.0654. The van der Waals surface area contributed by atoms with Gasteiger partial charge in [-0.1, -0.05) is 20.8 Å². The summed E-state index contributed by atoms with van der Waals surface area (Å²) in [7, 11) is 1.66. The fraction of sp³-hybridized carbons (Fsp3) is 0.846. The lowest BCUT2D eigenvalue weighted by Gasteiger charge is -2.25. The Morgan fingerprint density at radius 1 is 0.833 bits per heavy atom. The standard InChI is InChI=1S/C26H48N2O8/c1-19(13-16-34-6)36-18-20(2)35-17-14-22(29)27-15-8-7-10-21(25(33)26(3,4)5)28-23(30)11-9-12-24(31)32/h19-21H,7-18H2,1-6H3,(H,27,29)(H,28,30)(H,31,32). The lowest BCUT2D eigenvalue weighted by Crippen LogP contribution is -2.45. The molecule has 3 N–H and O–H groups in total. The van der Waals surface area contributed by atoms with Crippen LogP contribution in [0.4, 0.5) is 0 Å². The number of hydrogen-bond acceptors (Lipinski definition) is 7. The van der Waals surface area contributed by atoms with Gasteiger partial charge in [0.05, 0.1) is 31.5 Å². The number of ketones is 1. The molecule has 10 nitrogen and oxygen atoms in total. The van der Waals surface area contributed by atoms with Crippen molar-refractivity contribution >= 4 is 23.6 Å². The van der Waals surface area contributed by atoms with Crippen molar-refractivity contribution in [1.29, 1.82) is 0 Å². The molecule has 0 bridgehead atoms. The number of aliphatic carboxylic acids is 1. The minimum atomic E-state index is -0.953. The molecule has 0 spiro atoms. The summed E-state index contributed by atoms with van der Waals surface area (Å²) in [6, 6.07) is -0.632. The molecule has 0 aliphatic rings. The second-order valence-electron chi connectivity index (χ2n) is 10.2. The summed E-state index contributed by atoms with van der Waals surface area (Å²) in [6.45, 7) is 11.2. The Morgan fingerprint density at radius 2 is 1.53 bits per heavy atom. The molecule has 0 rings (SSSR count). The van der Waals surface area contributed by atoms with Crippen LogP contribution in [0.1, 0.15) is 86.0 Å². The first-order valence-electron chi connectivity index (χ1n) is 12.9. The van der Waals surface area contributed by atoms with E-state index in [1.807, 2.05) is 13.8 Å². The van der Waals surface area contributed by atoms with E-state index in [0.717, 1.165) is 6.42 Å². The molecule has 3 atom stereocenters. The van der Waals surface area contributed by atoms with Gasteiger partial charge in [-0.05, 0) is 46.0 Å². The molecule has 0 aromatic carbocycles. The number of methoxy groups -OCH3 is 1. The molecule has 0 aliphatic carbocycles. The van der Waals surface area contributed by atoms with E-state index in [-0.39, 0.29) is 55.5 Å². The van der Waals surface area contributed by atoms with Crippen molar-refractivity contribution in [2.75, 3.05) is 33.5 Å². The molecular weight excluding hydrogens is 468 g/mol. The van der Waals surface area contributed by atoms with Gasteiger partial charge in [-0.15, -0.1) is 0 Å². The summed E-state index contributed by atoms with van der Waals surface area (Å²) in [6.07, 6.45) is 3.02. The molecule has 3 unspecified atom stereocenters. The average molecular weight is 517 g/mol. The molecule has 0 saturated heterocycles. The number of Topliss-reactive ketones (excluding diaryl/α,β-unsaturated/α-hetero) is 1. The maximum atomic E-state index is 12.8. The van der Waals surface area contributed by atoms with Crippen molar-refractivity contribution in [3.05, 3.63) is 0 Å². The number of amides is 2. The SMILES string of the molecule is COCCC(C)OCC(C)OCCC(=O)NCCCCC(NC(=O)CCCC(=O)O)C(=O)C(C)(C)C. The van der Waals surface area contributed by atoms with Crippen LogP contribution in [0.3, 0.4) is 0 Å². The highest BCUT2D eigenvalue weighted by molar-refractivity contribution is 5.92. The Morgan fingerprint density at radius 3 is 2.14 bits per heavy atom. The van der Waals surface area contributed by atoms with Crippen LogP contribution in [0, 0.1) is 5.41 Å². The van der Waals surface area contributed by atoms with Crippen LogP contribution in [0.25, 0.3) is 0 Å². The summed E-state index contributed by atoms with van der Waals surface area (Å²) in [5.41, 5.74) is -0.614. The maximum Gasteiger partial charge on any atom is 0.303 e. The van der Waals surface area contributed by atoms with E-state index >= 15 is 0 Å². The average Bonchev–Trinajstić information content (AvgIpc) is 2.79. The normalized spacial score (nSPS) is 14.1. The number of carbonyl (C=O) groups excluding carboxylic acids is 3. The number of unbranched alkanes of at least 4 members (excludes halogenated alkanes) is 1. The number of rotatable bonds is 21. The van der Waals surface area contributed by atoms with E-state index in [1.165, 1.54) is 0 Å². The molecule has 210 valence electrons. The molecule has 36 heavy (non-hydrogen) atoms. The first kappa shape index (κ1) is 34.0. The number of nitrogens with one attached hydrogen (secondary N) is 2. The quantitative estimate of drug-likeness (QED) is 0.198. The summed E-state index contributed by atoms with van der Waals surface area (Å²) in [5, 5.41) is 14.3. The lowest BCUT2D eigenvalue weighted by atomic mass is 9.84. The summed E-state index contributed by atoms with van der Waals surface area (Å²) in [5.74, 6) is -1.45. The third-order valence-corrected chi connectivity index (χ3v) is 5.50. The summed E-state index contributed by atoms with van der Waals surface area (Å²) < 4.78 is 16.3. The van der Waals surface area contributed by atoms with Gasteiger partial charge in [-0.25, -0.2) is 0 Å². The number of ether oxygens (including phenoxy) is 3. The van der Waals surface area contributed by atoms with Crippen LogP contribution in [0.15, 0.2) is 0 Å². The van der Waals surface area contributed by atoms with E-state index in [4.69, 9.17) is 19.3 Å². The fourth-order valence-electron chi connectivity index (χ4n) is 3.32. The Hall–Kier alpha value is -2.04. The number of carboxylic acid groups (broad SMARTS) is 1. The predicted octanol–water partition coefficient (Wildman–Crippen LogP) is 2.86. The van der Waals surface area contributed by atoms with Gasteiger partial charge >= 0.3 is 5.97 Å². The van der Waals surface area contributed by atoms with Crippen LogP contribution in [0.2, 0.25) is 0 Å². The van der Waals surface area contributed by atoms with Gasteiger partial charge in [0.25, 0.3) is 0 Å². The summed E-state index contributed by atoms with van der Waals surface area (Å²) >= 11 is 0. The highest BCUT2D eigenvalue weighted by Crippen LogP contribution is 2.19. The van der Waals surface area contributed by atoms with E-state index in [2.05, 4.69) is 10.6 Å². The zero-order valence-electron chi connectivity index (χ0n) is 23.0. The molecule has 2 amide bonds. The molecular formula is C26H48N2O8. The molecule has 0 heterocycles. The van der Waals surface area contributed by atoms with Crippen LogP contribution in [-0.2, 0) is 33.4 Å². The zero-order chi connectivity index (χ0) is 27.6. The maximum absolute atomic E-state index is 12.8. The largest absolute Gasteiger partial charge is 0.481 e. The van der Waals surface area contributed by atoms with Crippen molar-refractivity contribution in [2.45, 2.75) is 104 Å². The van der Waals surface area contributed by atoms with E-state index in [9.17, 15) is 19.2 Å². The van der Waals surface area contributed by atoms with Gasteiger partial charge in [0, 0.05) is 44.9 Å². The van der Waals surface area contributed by atoms with E-state index in [1.54, 1.807) is 27.9 Å². The Kier molecular flexibility index (Phi) is 18.0. The Labute approximate surface area is 216 Å². The molecule has 10 heteroatoms. The second-order valence-corrected chi connectivity index (χ2v) is 10.2. The van der Waals surface area contributed by atoms with Crippen LogP contribution in [-0.4, -0.2) is 80.4 Å². The molecule has 0 aromatic heterocycles.